The van der Waals surface area contributed by atoms with E-state index in [0.29, 0.717) is 37.7 Å². The third kappa shape index (κ3) is 5.40. The highest BCUT2D eigenvalue weighted by Crippen LogP contribution is 2.26. The van der Waals surface area contributed by atoms with Crippen molar-refractivity contribution >= 4 is 27.3 Å². The van der Waals surface area contributed by atoms with E-state index in [4.69, 9.17) is 9.47 Å². The number of rotatable bonds is 6. The molecule has 10 heteroatoms. The summed E-state index contributed by atoms with van der Waals surface area (Å²) in [4.78, 5) is 19.2. The number of likely N-dealkylation sites (N-methyl/N-ethyl adjacent to an activating group) is 1. The van der Waals surface area contributed by atoms with E-state index in [2.05, 4.69) is 21.6 Å². The number of methoxy groups -OCH3 is 1. The number of nitrogens with one attached hydrogen (secondary N) is 1. The normalized spacial score (nSPS) is 17.6. The third-order valence-electron chi connectivity index (χ3n) is 6.00. The second-order valence-corrected chi connectivity index (χ2v) is 9.89. The van der Waals surface area contributed by atoms with E-state index in [1.807, 2.05) is 12.1 Å². The summed E-state index contributed by atoms with van der Waals surface area (Å²) in [6.45, 7) is 5.69. The first kappa shape index (κ1) is 23.3. The summed E-state index contributed by atoms with van der Waals surface area (Å²) in [7, 11) is -0.328. The van der Waals surface area contributed by atoms with Crippen LogP contribution in [0.1, 0.15) is 10.4 Å². The molecule has 9 nitrogen and oxygen atoms in total. The van der Waals surface area contributed by atoms with Gasteiger partial charge in [0.05, 0.1) is 30.8 Å². The van der Waals surface area contributed by atoms with Gasteiger partial charge < -0.3 is 24.2 Å². The van der Waals surface area contributed by atoms with Gasteiger partial charge >= 0.3 is 0 Å². The molecule has 1 amide bonds. The predicted molar refractivity (Wildman–Crippen MR) is 127 cm³/mol. The van der Waals surface area contributed by atoms with Crippen molar-refractivity contribution in [1.82, 2.24) is 9.80 Å². The van der Waals surface area contributed by atoms with E-state index in [1.165, 1.54) is 25.3 Å². The minimum absolute atomic E-state index is 0.00283. The molecule has 0 atom stereocenters. The van der Waals surface area contributed by atoms with Gasteiger partial charge in [0, 0.05) is 50.6 Å². The average Bonchev–Trinajstić information content (AvgIpc) is 2.84. The molecule has 33 heavy (non-hydrogen) atoms. The number of carbonyl (C=O) groups excluding carboxylic acids is 1. The Labute approximate surface area is 194 Å². The lowest BCUT2D eigenvalue weighted by Crippen LogP contribution is -2.44. The molecular weight excluding hydrogens is 444 g/mol. The minimum atomic E-state index is -3.89. The highest BCUT2D eigenvalue weighted by atomic mass is 32.2. The maximum absolute atomic E-state index is 13.1. The summed E-state index contributed by atoms with van der Waals surface area (Å²) in [5.74, 6) is 0.0608. The molecule has 2 aromatic rings. The van der Waals surface area contributed by atoms with Crippen LogP contribution in [-0.2, 0) is 14.8 Å². The molecule has 178 valence electrons. The highest BCUT2D eigenvalue weighted by Gasteiger charge is 2.25. The van der Waals surface area contributed by atoms with Gasteiger partial charge in [-0.3, -0.25) is 9.52 Å². The van der Waals surface area contributed by atoms with Crippen LogP contribution in [0.5, 0.6) is 5.75 Å². The van der Waals surface area contributed by atoms with Gasteiger partial charge in [-0.05, 0) is 49.5 Å². The molecule has 1 N–H and O–H groups in total. The number of ether oxygens (including phenoxy) is 2. The van der Waals surface area contributed by atoms with Gasteiger partial charge in [-0.2, -0.15) is 0 Å². The predicted octanol–water partition coefficient (Wildman–Crippen LogP) is 1.72. The lowest BCUT2D eigenvalue weighted by Gasteiger charge is -2.34. The lowest BCUT2D eigenvalue weighted by molar-refractivity contribution is 0.0300. The molecule has 2 heterocycles. The fraction of sp³-hybridized carbons (Fsp3) is 0.435. The first-order valence-electron chi connectivity index (χ1n) is 11.0. The SMILES string of the molecule is COc1ccc(S(=O)(=O)Nc2ccc(N3CCN(C)CC3)cc2)cc1C(=O)N1CCOCC1. The summed E-state index contributed by atoms with van der Waals surface area (Å²) in [6, 6.07) is 11.7. The maximum Gasteiger partial charge on any atom is 0.261 e. The molecule has 0 unspecified atom stereocenters. The van der Waals surface area contributed by atoms with Crippen LogP contribution in [0.4, 0.5) is 11.4 Å². The quantitative estimate of drug-likeness (QED) is 0.682. The van der Waals surface area contributed by atoms with E-state index in [-0.39, 0.29) is 16.4 Å². The van der Waals surface area contributed by atoms with Crippen molar-refractivity contribution in [2.75, 3.05) is 76.3 Å². The molecule has 2 aliphatic heterocycles. The van der Waals surface area contributed by atoms with Crippen molar-refractivity contribution in [3.05, 3.63) is 48.0 Å². The minimum Gasteiger partial charge on any atom is -0.496 e. The second kappa shape index (κ2) is 9.98. The molecule has 2 saturated heterocycles. The number of hydrogen-bond acceptors (Lipinski definition) is 7. The molecule has 0 bridgehead atoms. The van der Waals surface area contributed by atoms with Gasteiger partial charge in [-0.15, -0.1) is 0 Å². The summed E-state index contributed by atoms with van der Waals surface area (Å²) < 4.78 is 39.4. The Morgan fingerprint density at radius 1 is 0.970 bits per heavy atom. The molecular formula is C23H30N4O5S. The monoisotopic (exact) mass is 474 g/mol. The van der Waals surface area contributed by atoms with Crippen molar-refractivity contribution in [2.24, 2.45) is 0 Å². The van der Waals surface area contributed by atoms with Gasteiger partial charge in [0.25, 0.3) is 15.9 Å². The zero-order valence-corrected chi connectivity index (χ0v) is 19.8. The van der Waals surface area contributed by atoms with Gasteiger partial charge in [0.1, 0.15) is 5.75 Å². The second-order valence-electron chi connectivity index (χ2n) is 8.21. The Morgan fingerprint density at radius 3 is 2.27 bits per heavy atom. The molecule has 0 radical (unpaired) electrons. The fourth-order valence-corrected chi connectivity index (χ4v) is 5.06. The number of sulfonamides is 1. The molecule has 2 fully saturated rings. The van der Waals surface area contributed by atoms with Crippen LogP contribution in [0, 0.1) is 0 Å². The number of anilines is 2. The van der Waals surface area contributed by atoms with E-state index < -0.39 is 10.0 Å². The Hall–Kier alpha value is -2.82. The highest BCUT2D eigenvalue weighted by molar-refractivity contribution is 7.92. The molecule has 2 aromatic carbocycles. The van der Waals surface area contributed by atoms with Gasteiger partial charge in [-0.25, -0.2) is 8.42 Å². The molecule has 2 aliphatic rings. The Kier molecular flexibility index (Phi) is 7.06. The fourth-order valence-electron chi connectivity index (χ4n) is 3.98. The van der Waals surface area contributed by atoms with Crippen LogP contribution in [0.15, 0.2) is 47.4 Å². The maximum atomic E-state index is 13.1. The first-order valence-corrected chi connectivity index (χ1v) is 12.5. The Balaban J connectivity index is 1.51. The van der Waals surface area contributed by atoms with Crippen molar-refractivity contribution in [2.45, 2.75) is 4.90 Å². The molecule has 0 aliphatic carbocycles. The van der Waals surface area contributed by atoms with E-state index in [9.17, 15) is 13.2 Å². The van der Waals surface area contributed by atoms with E-state index >= 15 is 0 Å². The zero-order valence-electron chi connectivity index (χ0n) is 19.0. The summed E-state index contributed by atoms with van der Waals surface area (Å²) in [5, 5.41) is 0. The molecule has 0 saturated carbocycles. The number of nitrogens with zero attached hydrogens (tertiary/aromatic N) is 3. The number of benzene rings is 2. The van der Waals surface area contributed by atoms with Crippen molar-refractivity contribution < 1.29 is 22.7 Å². The Morgan fingerprint density at radius 2 is 1.64 bits per heavy atom. The van der Waals surface area contributed by atoms with Crippen LogP contribution >= 0.6 is 0 Å². The Bertz CT molecular complexity index is 1080. The molecule has 0 spiro atoms. The van der Waals surface area contributed by atoms with Crippen molar-refractivity contribution in [3.8, 4) is 5.75 Å². The number of morpholine rings is 1. The summed E-state index contributed by atoms with van der Waals surface area (Å²) in [6.07, 6.45) is 0. The van der Waals surface area contributed by atoms with Crippen molar-refractivity contribution in [1.29, 1.82) is 0 Å². The largest absolute Gasteiger partial charge is 0.496 e. The van der Waals surface area contributed by atoms with Gasteiger partial charge in [-0.1, -0.05) is 0 Å². The van der Waals surface area contributed by atoms with Crippen molar-refractivity contribution in [3.63, 3.8) is 0 Å². The summed E-state index contributed by atoms with van der Waals surface area (Å²) in [5.41, 5.74) is 1.74. The van der Waals surface area contributed by atoms with Crippen LogP contribution in [0.3, 0.4) is 0 Å². The van der Waals surface area contributed by atoms with Gasteiger partial charge in [0.2, 0.25) is 0 Å². The van der Waals surface area contributed by atoms with Crippen LogP contribution in [0.2, 0.25) is 0 Å². The van der Waals surface area contributed by atoms with Gasteiger partial charge in [0.15, 0.2) is 0 Å². The lowest BCUT2D eigenvalue weighted by atomic mass is 10.1. The number of hydrogen-bond donors (Lipinski definition) is 1. The zero-order chi connectivity index (χ0) is 23.4. The molecule has 0 aromatic heterocycles. The van der Waals surface area contributed by atoms with Crippen LogP contribution in [0.25, 0.3) is 0 Å². The third-order valence-corrected chi connectivity index (χ3v) is 7.38. The average molecular weight is 475 g/mol. The number of carbonyl (C=O) groups is 1. The summed E-state index contributed by atoms with van der Waals surface area (Å²) >= 11 is 0. The number of piperazine rings is 1. The number of amides is 1. The first-order chi connectivity index (χ1) is 15.9. The smallest absolute Gasteiger partial charge is 0.261 e. The van der Waals surface area contributed by atoms with Crippen LogP contribution < -0.4 is 14.4 Å². The molecule has 4 rings (SSSR count). The van der Waals surface area contributed by atoms with E-state index in [0.717, 1.165) is 31.9 Å². The van der Waals surface area contributed by atoms with E-state index in [1.54, 1.807) is 17.0 Å². The van der Waals surface area contributed by atoms with Crippen LogP contribution in [-0.4, -0.2) is 90.8 Å². The topological polar surface area (TPSA) is 91.4 Å². The standard InChI is InChI=1S/C23H30N4O5S/c1-25-9-11-26(12-10-25)19-5-3-18(4-6-19)24-33(29,30)20-7-8-22(31-2)21(17-20)23(28)27-13-15-32-16-14-27/h3-8,17,24H,9-16H2,1-2H3.